The van der Waals surface area contributed by atoms with Gasteiger partial charge in [0.05, 0.1) is 18.5 Å². The number of aromatic nitrogens is 3. The Hall–Kier alpha value is -2.14. The van der Waals surface area contributed by atoms with Crippen LogP contribution in [0.3, 0.4) is 0 Å². The molecule has 0 spiro atoms. The van der Waals surface area contributed by atoms with Crippen molar-refractivity contribution in [3.63, 3.8) is 0 Å². The fraction of sp³-hybridized carbons (Fsp3) is 0.154. The first-order valence-corrected chi connectivity index (χ1v) is 6.15. The zero-order valence-corrected chi connectivity index (χ0v) is 11.0. The molecule has 1 heterocycles. The van der Waals surface area contributed by atoms with E-state index in [4.69, 9.17) is 16.3 Å². The number of hydrogen-bond donors (Lipinski definition) is 0. The van der Waals surface area contributed by atoms with Crippen molar-refractivity contribution in [3.8, 4) is 5.69 Å². The molecule has 98 valence electrons. The average Bonchev–Trinajstić information content (AvgIpc) is 2.90. The molecule has 1 aromatic carbocycles. The molecule has 0 unspecified atom stereocenters. The van der Waals surface area contributed by atoms with E-state index in [0.717, 1.165) is 11.3 Å². The number of hydrogen-bond acceptors (Lipinski definition) is 4. The summed E-state index contributed by atoms with van der Waals surface area (Å²) in [6.07, 6.45) is 3.31. The zero-order valence-electron chi connectivity index (χ0n) is 10.3. The number of rotatable bonds is 4. The average molecular weight is 278 g/mol. The molecule has 5 nitrogen and oxygen atoms in total. The monoisotopic (exact) mass is 277 g/mol. The van der Waals surface area contributed by atoms with Crippen LogP contribution in [0, 0.1) is 0 Å². The minimum atomic E-state index is -0.476. The molecule has 0 aliphatic heterocycles. The first kappa shape index (κ1) is 13.3. The number of halogens is 1. The van der Waals surface area contributed by atoms with Crippen molar-refractivity contribution in [2.75, 3.05) is 6.61 Å². The van der Waals surface area contributed by atoms with Gasteiger partial charge in [0.2, 0.25) is 0 Å². The fourth-order valence-electron chi connectivity index (χ4n) is 1.50. The first-order valence-electron chi connectivity index (χ1n) is 5.71. The fourth-order valence-corrected chi connectivity index (χ4v) is 1.64. The van der Waals surface area contributed by atoms with Crippen molar-refractivity contribution >= 4 is 23.6 Å². The van der Waals surface area contributed by atoms with Gasteiger partial charge < -0.3 is 4.74 Å². The largest absolute Gasteiger partial charge is 0.461 e. The Kier molecular flexibility index (Phi) is 4.30. The molecular formula is C13H12ClN3O2. The molecule has 0 bridgehead atoms. The number of esters is 1. The van der Waals surface area contributed by atoms with Crippen LogP contribution >= 0.6 is 11.6 Å². The van der Waals surface area contributed by atoms with Crippen LogP contribution < -0.4 is 0 Å². The van der Waals surface area contributed by atoms with E-state index in [1.165, 1.54) is 16.4 Å². The number of carbonyl (C=O) groups is 1. The maximum absolute atomic E-state index is 11.5. The Morgan fingerprint density at radius 3 is 2.79 bits per heavy atom. The highest BCUT2D eigenvalue weighted by Crippen LogP contribution is 2.11. The van der Waals surface area contributed by atoms with Crippen molar-refractivity contribution in [1.82, 2.24) is 15.0 Å². The topological polar surface area (TPSA) is 57.0 Å². The molecule has 1 aromatic heterocycles. The summed E-state index contributed by atoms with van der Waals surface area (Å²) in [7, 11) is 0. The molecule has 0 atom stereocenters. The van der Waals surface area contributed by atoms with Crippen molar-refractivity contribution < 1.29 is 9.53 Å². The van der Waals surface area contributed by atoms with Crippen LogP contribution in [0.5, 0.6) is 0 Å². The summed E-state index contributed by atoms with van der Waals surface area (Å²) in [6, 6.07) is 7.49. The van der Waals surface area contributed by atoms with Gasteiger partial charge in [0.15, 0.2) is 5.69 Å². The molecule has 0 amide bonds. The van der Waals surface area contributed by atoms with E-state index in [9.17, 15) is 4.79 Å². The second kappa shape index (κ2) is 6.15. The molecule has 0 saturated heterocycles. The maximum atomic E-state index is 11.5. The molecular weight excluding hydrogens is 266 g/mol. The first-order chi connectivity index (χ1) is 9.24. The Balaban J connectivity index is 2.20. The Morgan fingerprint density at radius 1 is 1.42 bits per heavy atom. The Labute approximate surface area is 115 Å². The minimum Gasteiger partial charge on any atom is -0.461 e. The van der Waals surface area contributed by atoms with E-state index in [1.807, 2.05) is 24.3 Å². The number of carbonyl (C=O) groups excluding carboxylic acids is 1. The second-order valence-electron chi connectivity index (χ2n) is 3.65. The van der Waals surface area contributed by atoms with Crippen LogP contribution in [-0.2, 0) is 4.74 Å². The molecule has 0 fully saturated rings. The van der Waals surface area contributed by atoms with Crippen LogP contribution in [0.25, 0.3) is 11.8 Å². The normalized spacial score (nSPS) is 10.8. The Bertz CT molecular complexity index is 590. The van der Waals surface area contributed by atoms with Gasteiger partial charge in [0.25, 0.3) is 0 Å². The van der Waals surface area contributed by atoms with Crippen molar-refractivity contribution in [3.05, 3.63) is 47.3 Å². The molecule has 0 saturated carbocycles. The van der Waals surface area contributed by atoms with Gasteiger partial charge in [-0.15, -0.1) is 5.10 Å². The summed E-state index contributed by atoms with van der Waals surface area (Å²) >= 11 is 5.50. The third-order valence-electron chi connectivity index (χ3n) is 2.39. The predicted molar refractivity (Wildman–Crippen MR) is 72.2 cm³/mol. The van der Waals surface area contributed by atoms with Gasteiger partial charge >= 0.3 is 5.97 Å². The van der Waals surface area contributed by atoms with Crippen LogP contribution in [0.1, 0.15) is 23.0 Å². The van der Waals surface area contributed by atoms with E-state index < -0.39 is 5.97 Å². The summed E-state index contributed by atoms with van der Waals surface area (Å²) in [4.78, 5) is 11.5. The summed E-state index contributed by atoms with van der Waals surface area (Å²) < 4.78 is 6.36. The molecule has 2 rings (SSSR count). The molecule has 0 aliphatic carbocycles. The molecule has 0 aliphatic rings. The smallest absolute Gasteiger partial charge is 0.360 e. The standard InChI is InChI=1S/C13H12ClN3O2/c1-2-19-13(18)12-9-17(16-15-12)11-5-3-10(4-6-11)7-8-14/h3-9H,2H2,1H3/b8-7+. The molecule has 2 aromatic rings. The summed E-state index contributed by atoms with van der Waals surface area (Å²) in [6.45, 7) is 2.05. The van der Waals surface area contributed by atoms with E-state index in [2.05, 4.69) is 10.3 Å². The number of nitrogens with zero attached hydrogens (tertiary/aromatic N) is 3. The zero-order chi connectivity index (χ0) is 13.7. The molecule has 6 heteroatoms. The lowest BCUT2D eigenvalue weighted by Crippen LogP contribution is -2.04. The third kappa shape index (κ3) is 3.20. The Morgan fingerprint density at radius 2 is 2.16 bits per heavy atom. The van der Waals surface area contributed by atoms with Gasteiger partial charge in [0, 0.05) is 5.54 Å². The van der Waals surface area contributed by atoms with Gasteiger partial charge in [0.1, 0.15) is 0 Å². The lowest BCUT2D eigenvalue weighted by molar-refractivity contribution is 0.0519. The van der Waals surface area contributed by atoms with Crippen LogP contribution in [0.2, 0.25) is 0 Å². The van der Waals surface area contributed by atoms with E-state index in [0.29, 0.717) is 6.61 Å². The van der Waals surface area contributed by atoms with Gasteiger partial charge in [-0.3, -0.25) is 0 Å². The SMILES string of the molecule is CCOC(=O)c1cn(-c2ccc(/C=C/Cl)cc2)nn1. The highest BCUT2D eigenvalue weighted by molar-refractivity contribution is 6.27. The highest BCUT2D eigenvalue weighted by atomic mass is 35.5. The van der Waals surface area contributed by atoms with Crippen LogP contribution in [0.15, 0.2) is 36.0 Å². The molecule has 19 heavy (non-hydrogen) atoms. The minimum absolute atomic E-state index is 0.187. The van der Waals surface area contributed by atoms with Crippen molar-refractivity contribution in [2.24, 2.45) is 0 Å². The van der Waals surface area contributed by atoms with E-state index in [-0.39, 0.29) is 5.69 Å². The lowest BCUT2D eigenvalue weighted by atomic mass is 10.2. The molecule has 0 N–H and O–H groups in total. The summed E-state index contributed by atoms with van der Waals surface area (Å²) in [5.74, 6) is -0.476. The highest BCUT2D eigenvalue weighted by Gasteiger charge is 2.11. The summed E-state index contributed by atoms with van der Waals surface area (Å²) in [5.41, 5.74) is 3.41. The van der Waals surface area contributed by atoms with E-state index in [1.54, 1.807) is 13.0 Å². The second-order valence-corrected chi connectivity index (χ2v) is 3.90. The van der Waals surface area contributed by atoms with Gasteiger partial charge in [-0.05, 0) is 30.7 Å². The maximum Gasteiger partial charge on any atom is 0.360 e. The third-order valence-corrected chi connectivity index (χ3v) is 2.52. The van der Waals surface area contributed by atoms with Gasteiger partial charge in [-0.2, -0.15) is 0 Å². The van der Waals surface area contributed by atoms with Crippen molar-refractivity contribution in [2.45, 2.75) is 6.92 Å². The predicted octanol–water partition coefficient (Wildman–Crippen LogP) is 2.65. The lowest BCUT2D eigenvalue weighted by Gasteiger charge is -2.00. The van der Waals surface area contributed by atoms with Crippen LogP contribution in [0.4, 0.5) is 0 Å². The quantitative estimate of drug-likeness (QED) is 0.806. The van der Waals surface area contributed by atoms with Gasteiger partial charge in [-0.1, -0.05) is 28.9 Å². The van der Waals surface area contributed by atoms with Crippen molar-refractivity contribution in [1.29, 1.82) is 0 Å². The number of ether oxygens (including phenoxy) is 1. The molecule has 0 radical (unpaired) electrons. The summed E-state index contributed by atoms with van der Waals surface area (Å²) in [5, 5.41) is 7.66. The van der Waals surface area contributed by atoms with Gasteiger partial charge in [-0.25, -0.2) is 9.48 Å². The van der Waals surface area contributed by atoms with Crippen LogP contribution in [-0.4, -0.2) is 27.6 Å². The van der Waals surface area contributed by atoms with E-state index >= 15 is 0 Å². The number of benzene rings is 1.